The molecule has 0 bridgehead atoms. The highest BCUT2D eigenvalue weighted by atomic mass is 16.6. The Hall–Kier alpha value is -1.63. The second kappa shape index (κ2) is 5.45. The Kier molecular flexibility index (Phi) is 4.90. The van der Waals surface area contributed by atoms with E-state index in [1.807, 2.05) is 0 Å². The van der Waals surface area contributed by atoms with Gasteiger partial charge in [-0.3, -0.25) is 0 Å². The van der Waals surface area contributed by atoms with Gasteiger partial charge in [0.2, 0.25) is 0 Å². The molecule has 7 nitrogen and oxygen atoms in total. The predicted molar refractivity (Wildman–Crippen MR) is 53.8 cm³/mol. The Bertz CT molecular complexity index is 291. The third kappa shape index (κ3) is 2.69. The van der Waals surface area contributed by atoms with Gasteiger partial charge in [-0.25, -0.2) is 14.3 Å². The molecule has 92 valence electrons. The van der Waals surface area contributed by atoms with Gasteiger partial charge < -0.3 is 19.8 Å². The number of hydroxylamine groups is 1. The first kappa shape index (κ1) is 14.4. The van der Waals surface area contributed by atoms with Crippen molar-refractivity contribution in [3.8, 4) is 0 Å². The molecule has 0 saturated carbocycles. The number of aliphatic hydroxyl groups is 1. The summed E-state index contributed by atoms with van der Waals surface area (Å²) in [6.45, 7) is 1.32. The van der Waals surface area contributed by atoms with Crippen LogP contribution in [0.2, 0.25) is 0 Å². The average molecular weight is 233 g/mol. The Labute approximate surface area is 92.9 Å². The number of hydrogen-bond acceptors (Lipinski definition) is 6. The van der Waals surface area contributed by atoms with Crippen LogP contribution in [0.25, 0.3) is 0 Å². The third-order valence-electron chi connectivity index (χ3n) is 2.09. The van der Waals surface area contributed by atoms with E-state index in [0.717, 1.165) is 27.5 Å². The lowest BCUT2D eigenvalue weighted by Crippen LogP contribution is -2.54. The lowest BCUT2D eigenvalue weighted by atomic mass is 9.89. The summed E-state index contributed by atoms with van der Waals surface area (Å²) in [7, 11) is 3.19. The van der Waals surface area contributed by atoms with Gasteiger partial charge in [0.25, 0.3) is 5.60 Å². The summed E-state index contributed by atoms with van der Waals surface area (Å²) < 4.78 is 9.00. The van der Waals surface area contributed by atoms with Gasteiger partial charge in [0.05, 0.1) is 20.1 Å². The minimum absolute atomic E-state index is 0.377. The molecule has 1 unspecified atom stereocenters. The zero-order chi connectivity index (χ0) is 12.9. The van der Waals surface area contributed by atoms with Crippen molar-refractivity contribution in [2.24, 2.45) is 5.92 Å². The van der Waals surface area contributed by atoms with E-state index in [-0.39, 0.29) is 0 Å². The van der Waals surface area contributed by atoms with Crippen molar-refractivity contribution < 1.29 is 28.9 Å². The normalized spacial score (nSPS) is 14.2. The van der Waals surface area contributed by atoms with Gasteiger partial charge in [0.15, 0.2) is 6.21 Å². The topological polar surface area (TPSA) is 98.9 Å². The summed E-state index contributed by atoms with van der Waals surface area (Å²) in [5, 5.41) is 20.7. The summed E-state index contributed by atoms with van der Waals surface area (Å²) in [5.74, 6) is -3.43. The van der Waals surface area contributed by atoms with Crippen molar-refractivity contribution in [1.29, 1.82) is 0 Å². The van der Waals surface area contributed by atoms with Crippen LogP contribution in [0.3, 0.4) is 0 Å². The minimum atomic E-state index is -2.51. The second-order valence-corrected chi connectivity index (χ2v) is 3.23. The molecular formula is C9H15NO6. The SMILES string of the molecule is COC(=O)C(O)(C(=O)OC)C(C)/C=[N+](/C)[O-]. The zero-order valence-electron chi connectivity index (χ0n) is 9.59. The van der Waals surface area contributed by atoms with E-state index in [1.165, 1.54) is 6.92 Å². The summed E-state index contributed by atoms with van der Waals surface area (Å²) in [6.07, 6.45) is 0.966. The average Bonchev–Trinajstić information content (AvgIpc) is 2.24. The second-order valence-electron chi connectivity index (χ2n) is 3.23. The highest BCUT2D eigenvalue weighted by Gasteiger charge is 2.52. The van der Waals surface area contributed by atoms with E-state index >= 15 is 0 Å². The van der Waals surface area contributed by atoms with Gasteiger partial charge in [-0.2, -0.15) is 0 Å². The van der Waals surface area contributed by atoms with Gasteiger partial charge in [0, 0.05) is 0 Å². The quantitative estimate of drug-likeness (QED) is 0.165. The van der Waals surface area contributed by atoms with Gasteiger partial charge >= 0.3 is 11.9 Å². The van der Waals surface area contributed by atoms with E-state index in [9.17, 15) is 19.9 Å². The van der Waals surface area contributed by atoms with Crippen LogP contribution >= 0.6 is 0 Å². The van der Waals surface area contributed by atoms with Crippen LogP contribution in [0.15, 0.2) is 0 Å². The number of carbonyl (C=O) groups excluding carboxylic acids is 2. The molecule has 0 spiro atoms. The predicted octanol–water partition coefficient (Wildman–Crippen LogP) is -1.09. The first-order valence-electron chi connectivity index (χ1n) is 4.44. The van der Waals surface area contributed by atoms with Crippen LogP contribution in [0.4, 0.5) is 0 Å². The van der Waals surface area contributed by atoms with Crippen LogP contribution in [0.5, 0.6) is 0 Å². The van der Waals surface area contributed by atoms with Crippen molar-refractivity contribution in [2.75, 3.05) is 21.3 Å². The Balaban J connectivity index is 5.32. The molecule has 0 radical (unpaired) electrons. The molecule has 0 aliphatic heterocycles. The van der Waals surface area contributed by atoms with E-state index < -0.39 is 23.5 Å². The summed E-state index contributed by atoms with van der Waals surface area (Å²) in [6, 6.07) is 0. The summed E-state index contributed by atoms with van der Waals surface area (Å²) >= 11 is 0. The van der Waals surface area contributed by atoms with E-state index in [0.29, 0.717) is 4.74 Å². The Morgan fingerprint density at radius 1 is 1.38 bits per heavy atom. The third-order valence-corrected chi connectivity index (χ3v) is 2.09. The van der Waals surface area contributed by atoms with E-state index in [4.69, 9.17) is 0 Å². The molecule has 0 rings (SSSR count). The summed E-state index contributed by atoms with van der Waals surface area (Å²) in [4.78, 5) is 22.7. The summed E-state index contributed by atoms with van der Waals surface area (Å²) in [5.41, 5.74) is -2.51. The maximum Gasteiger partial charge on any atom is 0.350 e. The molecule has 0 aliphatic carbocycles. The number of methoxy groups -OCH3 is 2. The Morgan fingerprint density at radius 2 is 1.75 bits per heavy atom. The largest absolute Gasteiger partial charge is 0.624 e. The molecular weight excluding hydrogens is 218 g/mol. The van der Waals surface area contributed by atoms with Gasteiger partial charge in [0.1, 0.15) is 7.05 Å². The molecule has 0 saturated heterocycles. The maximum atomic E-state index is 11.3. The fraction of sp³-hybridized carbons (Fsp3) is 0.667. The smallest absolute Gasteiger partial charge is 0.350 e. The number of hydrogen-bond donors (Lipinski definition) is 1. The molecule has 0 aliphatic rings. The number of ether oxygens (including phenoxy) is 2. The number of carbonyl (C=O) groups is 2. The molecule has 16 heavy (non-hydrogen) atoms. The molecule has 0 fully saturated rings. The molecule has 1 N–H and O–H groups in total. The molecule has 7 heteroatoms. The van der Waals surface area contributed by atoms with Gasteiger partial charge in [-0.1, -0.05) is 0 Å². The first-order valence-corrected chi connectivity index (χ1v) is 4.44. The van der Waals surface area contributed by atoms with Crippen molar-refractivity contribution >= 4 is 18.2 Å². The molecule has 0 aromatic rings. The number of rotatable bonds is 4. The number of nitrogens with zero attached hydrogens (tertiary/aromatic N) is 1. The molecule has 0 aromatic carbocycles. The molecule has 0 aromatic heterocycles. The van der Waals surface area contributed by atoms with Crippen molar-refractivity contribution in [2.45, 2.75) is 12.5 Å². The highest BCUT2D eigenvalue weighted by Crippen LogP contribution is 2.19. The van der Waals surface area contributed by atoms with Gasteiger partial charge in [-0.15, -0.1) is 0 Å². The van der Waals surface area contributed by atoms with Crippen LogP contribution in [0, 0.1) is 11.1 Å². The van der Waals surface area contributed by atoms with Crippen molar-refractivity contribution in [1.82, 2.24) is 0 Å². The fourth-order valence-corrected chi connectivity index (χ4v) is 1.19. The highest BCUT2D eigenvalue weighted by molar-refractivity contribution is 6.05. The van der Waals surface area contributed by atoms with Crippen molar-refractivity contribution in [3.05, 3.63) is 5.21 Å². The minimum Gasteiger partial charge on any atom is -0.624 e. The van der Waals surface area contributed by atoms with Crippen LogP contribution in [-0.2, 0) is 19.1 Å². The fourth-order valence-electron chi connectivity index (χ4n) is 1.19. The number of esters is 2. The van der Waals surface area contributed by atoms with Crippen molar-refractivity contribution in [3.63, 3.8) is 0 Å². The lowest BCUT2D eigenvalue weighted by Gasteiger charge is -2.25. The maximum absolute atomic E-state index is 11.3. The Morgan fingerprint density at radius 3 is 2.00 bits per heavy atom. The van der Waals surface area contributed by atoms with E-state index in [1.54, 1.807) is 0 Å². The van der Waals surface area contributed by atoms with Gasteiger partial charge in [-0.05, 0) is 6.92 Å². The monoisotopic (exact) mass is 233 g/mol. The zero-order valence-corrected chi connectivity index (χ0v) is 9.59. The van der Waals surface area contributed by atoms with Crippen LogP contribution in [0.1, 0.15) is 6.92 Å². The van der Waals surface area contributed by atoms with Crippen LogP contribution in [-0.4, -0.2) is 54.9 Å². The molecule has 0 amide bonds. The molecule has 1 atom stereocenters. The first-order chi connectivity index (χ1) is 7.30. The lowest BCUT2D eigenvalue weighted by molar-refractivity contribution is -0.420. The van der Waals surface area contributed by atoms with Crippen LogP contribution < -0.4 is 0 Å². The molecule has 0 heterocycles. The van der Waals surface area contributed by atoms with E-state index in [2.05, 4.69) is 9.47 Å². The standard InChI is InChI=1S/C9H15NO6/c1-6(5-10(2)14)9(13,7(11)15-3)8(12)16-4/h5-6,13H,1-4H3/b10-5-.